The van der Waals surface area contributed by atoms with Crippen molar-refractivity contribution in [2.75, 3.05) is 6.61 Å². The van der Waals surface area contributed by atoms with Crippen molar-refractivity contribution in [1.29, 1.82) is 0 Å². The minimum atomic E-state index is -0.596. The summed E-state index contributed by atoms with van der Waals surface area (Å²) < 4.78 is 1.59. The maximum atomic E-state index is 11.0. The van der Waals surface area contributed by atoms with Crippen LogP contribution in [0.4, 0.5) is 0 Å². The number of hydrogen-bond acceptors (Lipinski definition) is 6. The maximum absolute atomic E-state index is 11.0. The summed E-state index contributed by atoms with van der Waals surface area (Å²) in [5.41, 5.74) is 6.33. The van der Waals surface area contributed by atoms with Crippen LogP contribution in [0.5, 0.6) is 0 Å². The van der Waals surface area contributed by atoms with Gasteiger partial charge in [0.25, 0.3) is 0 Å². The molecule has 18 heavy (non-hydrogen) atoms. The van der Waals surface area contributed by atoms with Gasteiger partial charge in [-0.3, -0.25) is 10.1 Å². The lowest BCUT2D eigenvalue weighted by Crippen LogP contribution is -2.11. The molecule has 2 aromatic rings. The van der Waals surface area contributed by atoms with Gasteiger partial charge in [0, 0.05) is 12.7 Å². The van der Waals surface area contributed by atoms with E-state index in [1.54, 1.807) is 4.57 Å². The van der Waals surface area contributed by atoms with Crippen molar-refractivity contribution >= 4 is 17.1 Å². The first-order chi connectivity index (χ1) is 8.67. The largest absolute Gasteiger partial charge is 0.395 e. The molecule has 96 valence electrons. The molecular formula is C10H12N4O4. The van der Waals surface area contributed by atoms with Crippen LogP contribution in [0.25, 0.3) is 11.2 Å². The van der Waals surface area contributed by atoms with E-state index in [2.05, 4.69) is 14.9 Å². The van der Waals surface area contributed by atoms with Crippen LogP contribution in [0.15, 0.2) is 12.3 Å². The number of amides is 1. The highest BCUT2D eigenvalue weighted by Crippen LogP contribution is 2.16. The lowest BCUT2D eigenvalue weighted by molar-refractivity contribution is -0.254. The van der Waals surface area contributed by atoms with Crippen LogP contribution in [0.2, 0.25) is 0 Å². The fourth-order valence-corrected chi connectivity index (χ4v) is 1.70. The van der Waals surface area contributed by atoms with E-state index in [-0.39, 0.29) is 25.3 Å². The normalized spacial score (nSPS) is 11.0. The number of carbonyl (C=O) groups excluding carboxylic acids is 1. The topological polar surface area (TPSA) is 123 Å². The number of nitrogens with zero attached hydrogens (tertiary/aromatic N) is 3. The molecule has 0 saturated heterocycles. The lowest BCUT2D eigenvalue weighted by atomic mass is 10.2. The Kier molecular flexibility index (Phi) is 3.51. The maximum Gasteiger partial charge on any atom is 0.250 e. The summed E-state index contributed by atoms with van der Waals surface area (Å²) in [7, 11) is 0. The van der Waals surface area contributed by atoms with Gasteiger partial charge in [0.1, 0.15) is 17.9 Å². The summed E-state index contributed by atoms with van der Waals surface area (Å²) >= 11 is 0. The van der Waals surface area contributed by atoms with Crippen molar-refractivity contribution < 1.29 is 20.0 Å². The van der Waals surface area contributed by atoms with Crippen molar-refractivity contribution in [3.05, 3.63) is 23.7 Å². The third-order valence-corrected chi connectivity index (χ3v) is 2.47. The molecule has 0 fully saturated rings. The summed E-state index contributed by atoms with van der Waals surface area (Å²) in [6, 6.07) is 1.50. The number of aromatic nitrogens is 3. The first kappa shape index (κ1) is 12.4. The van der Waals surface area contributed by atoms with Crippen LogP contribution >= 0.6 is 0 Å². The van der Waals surface area contributed by atoms with Gasteiger partial charge in [-0.2, -0.15) is 0 Å². The number of fused-ring (bicyclic) bond motifs is 1. The smallest absolute Gasteiger partial charge is 0.250 e. The van der Waals surface area contributed by atoms with E-state index < -0.39 is 5.91 Å². The van der Waals surface area contributed by atoms with Crippen LogP contribution < -0.4 is 5.73 Å². The van der Waals surface area contributed by atoms with Gasteiger partial charge in [-0.1, -0.05) is 0 Å². The van der Waals surface area contributed by atoms with Gasteiger partial charge >= 0.3 is 0 Å². The molecule has 0 radical (unpaired) electrons. The van der Waals surface area contributed by atoms with Gasteiger partial charge in [0.15, 0.2) is 5.65 Å². The van der Waals surface area contributed by atoms with Crippen LogP contribution in [0, 0.1) is 0 Å². The highest BCUT2D eigenvalue weighted by molar-refractivity contribution is 5.95. The SMILES string of the molecule is NC(=O)c1cnc2c(c1)nc(COO)n2CCO. The van der Waals surface area contributed by atoms with Crippen LogP contribution in [-0.4, -0.2) is 37.4 Å². The highest BCUT2D eigenvalue weighted by Gasteiger charge is 2.13. The van der Waals surface area contributed by atoms with Crippen LogP contribution in [0.3, 0.4) is 0 Å². The summed E-state index contributed by atoms with van der Waals surface area (Å²) in [6.07, 6.45) is 1.34. The number of primary amides is 1. The molecule has 0 bridgehead atoms. The summed E-state index contributed by atoms with van der Waals surface area (Å²) in [5.74, 6) is -0.197. The molecule has 4 N–H and O–H groups in total. The number of carbonyl (C=O) groups is 1. The Hall–Kier alpha value is -2.03. The van der Waals surface area contributed by atoms with Crippen molar-refractivity contribution in [3.63, 3.8) is 0 Å². The monoisotopic (exact) mass is 252 g/mol. The minimum Gasteiger partial charge on any atom is -0.395 e. The van der Waals surface area contributed by atoms with E-state index in [0.29, 0.717) is 17.0 Å². The fourth-order valence-electron chi connectivity index (χ4n) is 1.70. The molecule has 2 heterocycles. The van der Waals surface area contributed by atoms with E-state index in [4.69, 9.17) is 16.1 Å². The van der Waals surface area contributed by atoms with Crippen LogP contribution in [0.1, 0.15) is 16.2 Å². The molecular weight excluding hydrogens is 240 g/mol. The Morgan fingerprint density at radius 3 is 2.94 bits per heavy atom. The summed E-state index contributed by atoms with van der Waals surface area (Å²) in [5, 5.41) is 17.4. The Balaban J connectivity index is 2.56. The number of aliphatic hydroxyl groups excluding tert-OH is 1. The second-order valence-corrected chi connectivity index (χ2v) is 3.61. The van der Waals surface area contributed by atoms with Gasteiger partial charge < -0.3 is 15.4 Å². The third-order valence-electron chi connectivity index (χ3n) is 2.47. The van der Waals surface area contributed by atoms with Gasteiger partial charge in [0.2, 0.25) is 5.91 Å². The third kappa shape index (κ3) is 2.16. The standard InChI is InChI=1S/C10H12N4O4/c11-9(16)6-3-7-10(12-4-6)14(1-2-15)8(13-7)5-18-17/h3-4,15,17H,1-2,5H2,(H2,11,16). The number of imidazole rings is 1. The number of hydrogen-bond donors (Lipinski definition) is 3. The molecule has 2 rings (SSSR count). The zero-order valence-corrected chi connectivity index (χ0v) is 9.41. The Bertz CT molecular complexity index is 581. The molecule has 0 saturated carbocycles. The zero-order valence-electron chi connectivity index (χ0n) is 9.41. The Morgan fingerprint density at radius 2 is 2.33 bits per heavy atom. The highest BCUT2D eigenvalue weighted by atomic mass is 17.1. The average Bonchev–Trinajstić information content (AvgIpc) is 2.68. The predicted octanol–water partition coefficient (Wildman–Crippen LogP) is -0.488. The molecule has 0 aliphatic heterocycles. The lowest BCUT2D eigenvalue weighted by Gasteiger charge is -2.04. The quantitative estimate of drug-likeness (QED) is 0.487. The molecule has 0 unspecified atom stereocenters. The molecule has 0 aliphatic rings. The van der Waals surface area contributed by atoms with Crippen LogP contribution in [-0.2, 0) is 18.0 Å². The van der Waals surface area contributed by atoms with E-state index in [1.165, 1.54) is 12.3 Å². The number of pyridine rings is 1. The van der Waals surface area contributed by atoms with Crippen molar-refractivity contribution in [3.8, 4) is 0 Å². The van der Waals surface area contributed by atoms with Gasteiger partial charge in [-0.05, 0) is 6.07 Å². The fraction of sp³-hybridized carbons (Fsp3) is 0.300. The van der Waals surface area contributed by atoms with Gasteiger partial charge in [0.05, 0.1) is 12.2 Å². The summed E-state index contributed by atoms with van der Waals surface area (Å²) in [6.45, 7) is 0.0174. The first-order valence-electron chi connectivity index (χ1n) is 5.19. The average molecular weight is 252 g/mol. The zero-order chi connectivity index (χ0) is 13.1. The molecule has 8 nitrogen and oxygen atoms in total. The van der Waals surface area contributed by atoms with Gasteiger partial charge in [-0.25, -0.2) is 14.9 Å². The van der Waals surface area contributed by atoms with E-state index in [9.17, 15) is 4.79 Å². The number of rotatable bonds is 5. The van der Waals surface area contributed by atoms with Crippen molar-refractivity contribution in [2.24, 2.45) is 5.73 Å². The van der Waals surface area contributed by atoms with E-state index >= 15 is 0 Å². The van der Waals surface area contributed by atoms with Crippen molar-refractivity contribution in [1.82, 2.24) is 14.5 Å². The van der Waals surface area contributed by atoms with Crippen molar-refractivity contribution in [2.45, 2.75) is 13.2 Å². The Morgan fingerprint density at radius 1 is 1.56 bits per heavy atom. The van der Waals surface area contributed by atoms with E-state index in [1.807, 2.05) is 0 Å². The van der Waals surface area contributed by atoms with Gasteiger partial charge in [-0.15, -0.1) is 0 Å². The minimum absolute atomic E-state index is 0.108. The molecule has 0 atom stereocenters. The Labute approximate surface area is 102 Å². The second kappa shape index (κ2) is 5.08. The second-order valence-electron chi connectivity index (χ2n) is 3.61. The van der Waals surface area contributed by atoms with E-state index in [0.717, 1.165) is 0 Å². The molecule has 0 aromatic carbocycles. The molecule has 0 spiro atoms. The molecule has 1 amide bonds. The molecule has 0 aliphatic carbocycles. The first-order valence-corrected chi connectivity index (χ1v) is 5.19. The predicted molar refractivity (Wildman–Crippen MR) is 60.5 cm³/mol. The number of aliphatic hydroxyl groups is 1. The molecule has 8 heteroatoms. The number of nitrogens with two attached hydrogens (primary N) is 1. The molecule has 2 aromatic heterocycles. The summed E-state index contributed by atoms with van der Waals surface area (Å²) in [4.78, 5) is 23.3.